The first kappa shape index (κ1) is 18.6. The summed E-state index contributed by atoms with van der Waals surface area (Å²) >= 11 is 0. The van der Waals surface area contributed by atoms with Crippen LogP contribution in [-0.4, -0.2) is 25.2 Å². The van der Waals surface area contributed by atoms with E-state index in [2.05, 4.69) is 4.98 Å². The molecule has 0 unspecified atom stereocenters. The summed E-state index contributed by atoms with van der Waals surface area (Å²) in [4.78, 5) is 37.2. The molecule has 0 aliphatic heterocycles. The van der Waals surface area contributed by atoms with Crippen molar-refractivity contribution in [1.82, 2.24) is 9.55 Å². The Labute approximate surface area is 156 Å². The fourth-order valence-electron chi connectivity index (χ4n) is 2.44. The van der Waals surface area contributed by atoms with E-state index < -0.39 is 32.8 Å². The summed E-state index contributed by atoms with van der Waals surface area (Å²) in [5.41, 5.74) is -1.29. The number of ketones is 1. The highest BCUT2D eigenvalue weighted by Crippen LogP contribution is 2.37. The Balaban J connectivity index is 2.02. The average Bonchev–Trinajstić information content (AvgIpc) is 3.08. The molecule has 0 radical (unpaired) electrons. The van der Waals surface area contributed by atoms with Crippen molar-refractivity contribution in [1.29, 1.82) is 0 Å². The SMILES string of the molecule is Cn1ccnc1C(=O)c1ccc(Oc2ccc(F)cc2[N+](=O)[O-])c([N+](=O)[O-])c1. The molecule has 0 N–H and O–H groups in total. The normalized spacial score (nSPS) is 10.5. The summed E-state index contributed by atoms with van der Waals surface area (Å²) < 4.78 is 20.0. The summed E-state index contributed by atoms with van der Waals surface area (Å²) in [5.74, 6) is -2.04. The first-order valence-corrected chi connectivity index (χ1v) is 7.70. The first-order chi connectivity index (χ1) is 13.3. The molecule has 11 heteroatoms. The second-order valence-corrected chi connectivity index (χ2v) is 5.60. The number of rotatable bonds is 6. The van der Waals surface area contributed by atoms with Crippen LogP contribution in [0.3, 0.4) is 0 Å². The predicted molar refractivity (Wildman–Crippen MR) is 92.9 cm³/mol. The van der Waals surface area contributed by atoms with E-state index in [-0.39, 0.29) is 22.9 Å². The van der Waals surface area contributed by atoms with E-state index in [1.807, 2.05) is 0 Å². The number of nitro benzene ring substituents is 2. The van der Waals surface area contributed by atoms with Gasteiger partial charge in [0.25, 0.3) is 0 Å². The lowest BCUT2D eigenvalue weighted by molar-refractivity contribution is -0.387. The van der Waals surface area contributed by atoms with Crippen LogP contribution in [0, 0.1) is 26.0 Å². The number of hydrogen-bond acceptors (Lipinski definition) is 7. The molecule has 3 aromatic rings. The molecule has 0 atom stereocenters. The summed E-state index contributed by atoms with van der Waals surface area (Å²) in [6, 6.07) is 5.95. The second-order valence-electron chi connectivity index (χ2n) is 5.60. The third kappa shape index (κ3) is 3.53. The average molecular weight is 386 g/mol. The number of ether oxygens (including phenoxy) is 1. The van der Waals surface area contributed by atoms with Crippen LogP contribution < -0.4 is 4.74 Å². The fourth-order valence-corrected chi connectivity index (χ4v) is 2.44. The van der Waals surface area contributed by atoms with Crippen LogP contribution in [0.1, 0.15) is 16.2 Å². The van der Waals surface area contributed by atoms with Gasteiger partial charge in [0.05, 0.1) is 15.9 Å². The molecule has 28 heavy (non-hydrogen) atoms. The number of aryl methyl sites for hydroxylation is 1. The molecule has 0 saturated heterocycles. The number of carbonyl (C=O) groups excluding carboxylic acids is 1. The van der Waals surface area contributed by atoms with Crippen molar-refractivity contribution in [3.63, 3.8) is 0 Å². The number of benzene rings is 2. The summed E-state index contributed by atoms with van der Waals surface area (Å²) in [7, 11) is 1.60. The van der Waals surface area contributed by atoms with Crippen molar-refractivity contribution in [3.8, 4) is 11.5 Å². The molecule has 0 aliphatic rings. The van der Waals surface area contributed by atoms with Crippen LogP contribution in [0.15, 0.2) is 48.8 Å². The molecule has 3 rings (SSSR count). The molecule has 0 aliphatic carbocycles. The molecular formula is C17H11FN4O6. The van der Waals surface area contributed by atoms with Crippen molar-refractivity contribution >= 4 is 17.2 Å². The fraction of sp³-hybridized carbons (Fsp3) is 0.0588. The Morgan fingerprint density at radius 2 is 1.68 bits per heavy atom. The molecule has 1 heterocycles. The summed E-state index contributed by atoms with van der Waals surface area (Å²) in [6.07, 6.45) is 2.96. The van der Waals surface area contributed by atoms with Gasteiger partial charge in [-0.2, -0.15) is 0 Å². The minimum absolute atomic E-state index is 0.0121. The van der Waals surface area contributed by atoms with Crippen LogP contribution >= 0.6 is 0 Å². The Morgan fingerprint density at radius 3 is 2.25 bits per heavy atom. The molecule has 0 amide bonds. The minimum atomic E-state index is -0.872. The number of nitro groups is 2. The van der Waals surface area contributed by atoms with Gasteiger partial charge in [-0.3, -0.25) is 25.0 Å². The monoisotopic (exact) mass is 386 g/mol. The zero-order chi connectivity index (χ0) is 20.4. The van der Waals surface area contributed by atoms with Gasteiger partial charge in [-0.15, -0.1) is 0 Å². The van der Waals surface area contributed by atoms with E-state index >= 15 is 0 Å². The van der Waals surface area contributed by atoms with Gasteiger partial charge in [0.1, 0.15) is 5.82 Å². The Morgan fingerprint density at radius 1 is 1.07 bits per heavy atom. The molecule has 2 aromatic carbocycles. The highest BCUT2D eigenvalue weighted by Gasteiger charge is 2.24. The quantitative estimate of drug-likeness (QED) is 0.360. The van der Waals surface area contributed by atoms with E-state index in [1.54, 1.807) is 13.2 Å². The Bertz CT molecular complexity index is 1110. The number of hydrogen-bond donors (Lipinski definition) is 0. The maximum absolute atomic E-state index is 13.2. The number of halogens is 1. The number of imidazole rings is 1. The molecule has 0 fully saturated rings. The highest BCUT2D eigenvalue weighted by atomic mass is 19.1. The molecule has 10 nitrogen and oxygen atoms in total. The van der Waals surface area contributed by atoms with Crippen molar-refractivity contribution in [2.45, 2.75) is 0 Å². The van der Waals surface area contributed by atoms with Gasteiger partial charge in [0, 0.05) is 31.1 Å². The molecule has 0 spiro atoms. The van der Waals surface area contributed by atoms with Gasteiger partial charge in [-0.1, -0.05) is 0 Å². The van der Waals surface area contributed by atoms with Crippen LogP contribution in [0.25, 0.3) is 0 Å². The molecule has 142 valence electrons. The Kier molecular flexibility index (Phi) is 4.81. The van der Waals surface area contributed by atoms with Crippen molar-refractivity contribution in [2.75, 3.05) is 0 Å². The maximum atomic E-state index is 13.2. The largest absolute Gasteiger partial charge is 0.443 e. The summed E-state index contributed by atoms with van der Waals surface area (Å²) in [5, 5.41) is 22.5. The van der Waals surface area contributed by atoms with Gasteiger partial charge in [-0.25, -0.2) is 9.37 Å². The lowest BCUT2D eigenvalue weighted by atomic mass is 10.1. The third-order valence-corrected chi connectivity index (χ3v) is 3.78. The standard InChI is InChI=1S/C17H11FN4O6/c1-20-7-6-19-17(20)16(23)10-2-4-14(12(8-10)21(24)25)28-15-5-3-11(18)9-13(15)22(26)27/h2-9H,1H3. The topological polar surface area (TPSA) is 130 Å². The highest BCUT2D eigenvalue weighted by molar-refractivity contribution is 6.07. The molecule has 0 bridgehead atoms. The predicted octanol–water partition coefficient (Wildman–Crippen LogP) is 3.40. The summed E-state index contributed by atoms with van der Waals surface area (Å²) in [6.45, 7) is 0. The van der Waals surface area contributed by atoms with Crippen molar-refractivity contribution in [3.05, 3.63) is 86.2 Å². The van der Waals surface area contributed by atoms with Gasteiger partial charge >= 0.3 is 11.4 Å². The van der Waals surface area contributed by atoms with E-state index in [9.17, 15) is 29.4 Å². The van der Waals surface area contributed by atoms with E-state index in [0.717, 1.165) is 24.3 Å². The lowest BCUT2D eigenvalue weighted by Gasteiger charge is -2.08. The third-order valence-electron chi connectivity index (χ3n) is 3.78. The van der Waals surface area contributed by atoms with E-state index in [0.29, 0.717) is 6.07 Å². The van der Waals surface area contributed by atoms with Crippen LogP contribution in [0.5, 0.6) is 11.5 Å². The van der Waals surface area contributed by atoms with Crippen LogP contribution in [0.4, 0.5) is 15.8 Å². The second kappa shape index (κ2) is 7.23. The van der Waals surface area contributed by atoms with Gasteiger partial charge in [-0.05, 0) is 24.3 Å². The first-order valence-electron chi connectivity index (χ1n) is 7.70. The zero-order valence-electron chi connectivity index (χ0n) is 14.2. The van der Waals surface area contributed by atoms with Crippen molar-refractivity contribution < 1.29 is 23.8 Å². The minimum Gasteiger partial charge on any atom is -0.443 e. The number of aromatic nitrogens is 2. The van der Waals surface area contributed by atoms with Gasteiger partial charge in [0.2, 0.25) is 17.3 Å². The lowest BCUT2D eigenvalue weighted by Crippen LogP contribution is -2.09. The Hall–Kier alpha value is -4.15. The van der Waals surface area contributed by atoms with Gasteiger partial charge in [0.15, 0.2) is 5.82 Å². The smallest absolute Gasteiger partial charge is 0.314 e. The van der Waals surface area contributed by atoms with Crippen molar-refractivity contribution in [2.24, 2.45) is 7.05 Å². The van der Waals surface area contributed by atoms with E-state index in [4.69, 9.17) is 4.74 Å². The van der Waals surface area contributed by atoms with E-state index in [1.165, 1.54) is 16.8 Å². The molecular weight excluding hydrogens is 375 g/mol. The molecule has 1 aromatic heterocycles. The number of nitrogens with zero attached hydrogens (tertiary/aromatic N) is 4. The van der Waals surface area contributed by atoms with Crippen LogP contribution in [0.2, 0.25) is 0 Å². The van der Waals surface area contributed by atoms with Crippen LogP contribution in [-0.2, 0) is 7.05 Å². The van der Waals surface area contributed by atoms with Gasteiger partial charge < -0.3 is 9.30 Å². The zero-order valence-corrected chi connectivity index (χ0v) is 14.2. The maximum Gasteiger partial charge on any atom is 0.314 e. The number of carbonyl (C=O) groups is 1. The molecule has 0 saturated carbocycles.